The van der Waals surface area contributed by atoms with Crippen LogP contribution < -0.4 is 4.90 Å². The number of allylic oxidation sites excluding steroid dienone is 3. The fourth-order valence-electron chi connectivity index (χ4n) is 7.78. The number of rotatable bonds is 15. The Labute approximate surface area is 429 Å². The molecule has 9 rings (SSSR count). The van der Waals surface area contributed by atoms with E-state index in [1.807, 2.05) is 72.8 Å². The lowest BCUT2D eigenvalue weighted by Crippen LogP contribution is -2.09. The van der Waals surface area contributed by atoms with Crippen LogP contribution in [0.5, 0.6) is 0 Å². The monoisotopic (exact) mass is 1010 g/mol. The molecule has 0 aliphatic heterocycles. The molecule has 0 unspecified atom stereocenters. The van der Waals surface area contributed by atoms with E-state index in [1.165, 1.54) is 70.4 Å². The van der Waals surface area contributed by atoms with Gasteiger partial charge in [0.25, 0.3) is 17.1 Å². The molecule has 0 atom stereocenters. The summed E-state index contributed by atoms with van der Waals surface area (Å²) in [7, 11) is 0. The van der Waals surface area contributed by atoms with Crippen molar-refractivity contribution >= 4 is 103 Å². The third-order valence-corrected chi connectivity index (χ3v) is 14.7. The Hall–Kier alpha value is -9.89. The second-order valence-electron chi connectivity index (χ2n) is 16.0. The molecule has 0 bridgehead atoms. The van der Waals surface area contributed by atoms with Crippen molar-refractivity contribution in [2.24, 2.45) is 0 Å². The molecule has 9 aromatic rings. The molecular weight excluding hydrogens is 975 g/mol. The second kappa shape index (κ2) is 21.4. The number of anilines is 3. The van der Waals surface area contributed by atoms with Crippen LogP contribution in [-0.4, -0.2) is 14.8 Å². The van der Waals surface area contributed by atoms with E-state index in [0.717, 1.165) is 63.0 Å². The molecule has 3 heterocycles. The fraction of sp³-hybridized carbons (Fsp3) is 0. The number of nitrogens with zero attached hydrogens (tertiary/aromatic N) is 7. The Morgan fingerprint density at radius 2 is 0.616 bits per heavy atom. The molecule has 0 aliphatic carbocycles. The van der Waals surface area contributed by atoms with E-state index in [9.17, 15) is 46.1 Å². The molecule has 16 heteroatoms. The van der Waals surface area contributed by atoms with E-state index in [1.54, 1.807) is 54.6 Å². The maximum atomic E-state index is 11.2. The zero-order valence-electron chi connectivity index (χ0n) is 37.9. The van der Waals surface area contributed by atoms with Crippen molar-refractivity contribution in [1.82, 2.24) is 0 Å². The minimum Gasteiger partial charge on any atom is -0.311 e. The summed E-state index contributed by atoms with van der Waals surface area (Å²) in [5.74, 6) is 0. The van der Waals surface area contributed by atoms with Gasteiger partial charge in [-0.25, -0.2) is 0 Å². The maximum absolute atomic E-state index is 11.2. The second-order valence-corrected chi connectivity index (χ2v) is 19.3. The van der Waals surface area contributed by atoms with E-state index in [4.69, 9.17) is 0 Å². The molecule has 0 amide bonds. The summed E-state index contributed by atoms with van der Waals surface area (Å²) >= 11 is 4.56. The molecule has 0 radical (unpaired) electrons. The number of hydrogen-bond donors (Lipinski definition) is 0. The van der Waals surface area contributed by atoms with Crippen molar-refractivity contribution in [2.45, 2.75) is 0 Å². The number of nitro benzene ring substituents is 3. The summed E-state index contributed by atoms with van der Waals surface area (Å²) < 4.78 is 0. The first-order valence-electron chi connectivity index (χ1n) is 22.0. The first-order valence-corrected chi connectivity index (χ1v) is 24.4. The van der Waals surface area contributed by atoms with Gasteiger partial charge < -0.3 is 4.90 Å². The third kappa shape index (κ3) is 11.0. The van der Waals surface area contributed by atoms with Gasteiger partial charge in [0, 0.05) is 82.7 Å². The molecule has 0 N–H and O–H groups in total. The van der Waals surface area contributed by atoms with E-state index in [-0.39, 0.29) is 17.1 Å². The van der Waals surface area contributed by atoms with Gasteiger partial charge in [0.1, 0.15) is 0 Å². The Balaban J connectivity index is 0.999. The molecule has 13 nitrogen and oxygen atoms in total. The summed E-state index contributed by atoms with van der Waals surface area (Å²) in [6.45, 7) is 0. The standard InChI is InChI=1S/C57H33N7O6S3/c58-34-43(37-1-19-49(20-2-37)62(65)66)31-52-25-28-55(71-52)40-7-13-46(14-8-40)61(47-15-9-41(10-16-47)56-29-26-53(72-56)32-44(35-59)38-3-21-50(22-4-38)63(67)68)48-17-11-42(12-18-48)57-30-27-54(73-57)33-45(36-60)39-5-23-51(24-6-39)64(69)70/h1-33H/b43-31-,44-32+,45-33+. The van der Waals surface area contributed by atoms with Gasteiger partial charge in [-0.15, -0.1) is 34.0 Å². The number of nitriles is 3. The van der Waals surface area contributed by atoms with Crippen LogP contribution in [0.3, 0.4) is 0 Å². The van der Waals surface area contributed by atoms with E-state index in [0.29, 0.717) is 33.4 Å². The van der Waals surface area contributed by atoms with Gasteiger partial charge in [0.15, 0.2) is 0 Å². The SMILES string of the molecule is N#C/C(=C\c1ccc(-c2ccc(N(c3ccc(-c4ccc(/C=C(\C#N)c5ccc([N+](=O)[O-])cc5)s4)cc3)c3ccc(-c4ccc(/C=C(/C#N)c5ccc([N+](=O)[O-])cc5)s4)cc3)cc2)s1)c1ccc([N+](=O)[O-])cc1. The summed E-state index contributed by atoms with van der Waals surface area (Å²) in [4.78, 5) is 39.7. The van der Waals surface area contributed by atoms with Crippen LogP contribution in [0, 0.1) is 64.3 Å². The average molecular weight is 1010 g/mol. The van der Waals surface area contributed by atoms with E-state index < -0.39 is 14.8 Å². The van der Waals surface area contributed by atoms with Crippen LogP contribution in [0.4, 0.5) is 34.1 Å². The summed E-state index contributed by atoms with van der Waals surface area (Å²) in [6, 6.07) is 60.8. The predicted octanol–water partition coefficient (Wildman–Crippen LogP) is 16.3. The smallest absolute Gasteiger partial charge is 0.269 e. The number of benzene rings is 6. The van der Waals surface area contributed by atoms with E-state index in [2.05, 4.69) is 59.5 Å². The summed E-state index contributed by atoms with van der Waals surface area (Å²) in [5.41, 5.74) is 8.36. The summed E-state index contributed by atoms with van der Waals surface area (Å²) in [6.07, 6.45) is 5.32. The molecule has 0 aliphatic rings. The molecule has 6 aromatic carbocycles. The quantitative estimate of drug-likeness (QED) is 0.0540. The molecule has 350 valence electrons. The number of nitro groups is 3. The highest BCUT2D eigenvalue weighted by Gasteiger charge is 2.17. The van der Waals surface area contributed by atoms with Crippen LogP contribution in [0.15, 0.2) is 182 Å². The first kappa shape index (κ1) is 48.1. The van der Waals surface area contributed by atoms with Crippen LogP contribution in [-0.2, 0) is 0 Å². The van der Waals surface area contributed by atoms with Crippen molar-refractivity contribution in [3.63, 3.8) is 0 Å². The Bertz CT molecular complexity index is 3380. The van der Waals surface area contributed by atoms with Crippen molar-refractivity contribution in [2.75, 3.05) is 4.90 Å². The number of thiophene rings is 3. The Kier molecular flexibility index (Phi) is 14.1. The Morgan fingerprint density at radius 3 is 0.836 bits per heavy atom. The van der Waals surface area contributed by atoms with Gasteiger partial charge in [0.2, 0.25) is 0 Å². The molecule has 3 aromatic heterocycles. The normalized spacial score (nSPS) is 11.5. The van der Waals surface area contributed by atoms with Gasteiger partial charge >= 0.3 is 0 Å². The third-order valence-electron chi connectivity index (χ3n) is 11.5. The highest BCUT2D eigenvalue weighted by atomic mass is 32.1. The van der Waals surface area contributed by atoms with Crippen molar-refractivity contribution in [3.05, 3.63) is 244 Å². The predicted molar refractivity (Wildman–Crippen MR) is 291 cm³/mol. The van der Waals surface area contributed by atoms with Crippen LogP contribution in [0.25, 0.3) is 66.3 Å². The Morgan fingerprint density at radius 1 is 0.370 bits per heavy atom. The molecular formula is C57H33N7O6S3. The van der Waals surface area contributed by atoms with Gasteiger partial charge in [-0.2, -0.15) is 15.8 Å². The largest absolute Gasteiger partial charge is 0.311 e. The topological polar surface area (TPSA) is 204 Å². The van der Waals surface area contributed by atoms with Gasteiger partial charge in [-0.1, -0.05) is 36.4 Å². The number of hydrogen-bond acceptors (Lipinski definition) is 13. The molecule has 0 fully saturated rings. The summed E-state index contributed by atoms with van der Waals surface area (Å²) in [5, 5.41) is 63.3. The minimum atomic E-state index is -0.476. The lowest BCUT2D eigenvalue weighted by molar-refractivity contribution is -0.385. The average Bonchev–Trinajstić information content (AvgIpc) is 4.22. The first-order chi connectivity index (χ1) is 35.5. The van der Waals surface area contributed by atoms with Crippen LogP contribution in [0.2, 0.25) is 0 Å². The van der Waals surface area contributed by atoms with Crippen molar-refractivity contribution < 1.29 is 14.8 Å². The van der Waals surface area contributed by atoms with E-state index >= 15 is 0 Å². The molecule has 0 saturated heterocycles. The highest BCUT2D eigenvalue weighted by Crippen LogP contribution is 2.41. The zero-order valence-corrected chi connectivity index (χ0v) is 40.3. The zero-order chi connectivity index (χ0) is 51.0. The molecule has 0 saturated carbocycles. The maximum Gasteiger partial charge on any atom is 0.269 e. The highest BCUT2D eigenvalue weighted by molar-refractivity contribution is 7.17. The van der Waals surface area contributed by atoms with Gasteiger partial charge in [-0.05, 0) is 161 Å². The van der Waals surface area contributed by atoms with Crippen molar-refractivity contribution in [1.29, 1.82) is 15.8 Å². The van der Waals surface area contributed by atoms with Crippen molar-refractivity contribution in [3.8, 4) is 49.5 Å². The van der Waals surface area contributed by atoms with Gasteiger partial charge in [0.05, 0.1) is 49.7 Å². The fourth-order valence-corrected chi connectivity index (χ4v) is 10.7. The lowest BCUT2D eigenvalue weighted by Gasteiger charge is -2.26. The van der Waals surface area contributed by atoms with Crippen LogP contribution >= 0.6 is 34.0 Å². The van der Waals surface area contributed by atoms with Crippen LogP contribution in [0.1, 0.15) is 31.3 Å². The number of non-ortho nitro benzene ring substituents is 3. The van der Waals surface area contributed by atoms with Gasteiger partial charge in [-0.3, -0.25) is 30.3 Å². The molecule has 0 spiro atoms. The molecule has 73 heavy (non-hydrogen) atoms. The lowest BCUT2D eigenvalue weighted by atomic mass is 10.1. The minimum absolute atomic E-state index is 0.0495.